The molecule has 4 aliphatic rings. The van der Waals surface area contributed by atoms with Crippen molar-refractivity contribution in [1.82, 2.24) is 9.80 Å². The summed E-state index contributed by atoms with van der Waals surface area (Å²) in [6.07, 6.45) is 2.54. The molecule has 4 heteroatoms. The Bertz CT molecular complexity index is 546. The summed E-state index contributed by atoms with van der Waals surface area (Å²) in [6, 6.07) is 5.52. The Kier molecular flexibility index (Phi) is 3.50. The molecule has 2 nitrogen and oxygen atoms in total. The number of likely N-dealkylation sites (tertiary alicyclic amines) is 1. The number of rotatable bonds is 2. The van der Waals surface area contributed by atoms with Gasteiger partial charge in [0.15, 0.2) is 0 Å². The van der Waals surface area contributed by atoms with Gasteiger partial charge in [0.1, 0.15) is 11.6 Å². The maximum atomic E-state index is 13.7. The summed E-state index contributed by atoms with van der Waals surface area (Å²) in [5, 5.41) is 0. The third-order valence-electron chi connectivity index (χ3n) is 6.01. The van der Waals surface area contributed by atoms with Crippen molar-refractivity contribution in [3.63, 3.8) is 0 Å². The summed E-state index contributed by atoms with van der Waals surface area (Å²) in [5.41, 5.74) is 0.836. The molecule has 1 aromatic rings. The van der Waals surface area contributed by atoms with E-state index in [4.69, 9.17) is 0 Å². The van der Waals surface area contributed by atoms with E-state index in [0.717, 1.165) is 37.2 Å². The van der Waals surface area contributed by atoms with Gasteiger partial charge >= 0.3 is 0 Å². The van der Waals surface area contributed by atoms with E-state index < -0.39 is 11.6 Å². The van der Waals surface area contributed by atoms with Crippen molar-refractivity contribution < 1.29 is 8.78 Å². The molecule has 4 aliphatic heterocycles. The summed E-state index contributed by atoms with van der Waals surface area (Å²) in [4.78, 5) is 5.15. The Morgan fingerprint density at radius 1 is 1.00 bits per heavy atom. The van der Waals surface area contributed by atoms with Crippen LogP contribution in [0.15, 0.2) is 18.2 Å². The smallest absolute Gasteiger partial charge is 0.126 e. The van der Waals surface area contributed by atoms with E-state index >= 15 is 0 Å². The van der Waals surface area contributed by atoms with Crippen LogP contribution in [0.1, 0.15) is 38.2 Å². The van der Waals surface area contributed by atoms with Crippen LogP contribution < -0.4 is 0 Å². The first kappa shape index (κ1) is 14.6. The van der Waals surface area contributed by atoms with Crippen molar-refractivity contribution in [2.75, 3.05) is 19.6 Å². The van der Waals surface area contributed by atoms with Crippen molar-refractivity contribution in [2.24, 2.45) is 5.92 Å². The first-order chi connectivity index (χ1) is 10.5. The Labute approximate surface area is 131 Å². The van der Waals surface area contributed by atoms with E-state index in [1.807, 2.05) is 0 Å². The average molecular weight is 306 g/mol. The summed E-state index contributed by atoms with van der Waals surface area (Å²) < 4.78 is 27.4. The highest BCUT2D eigenvalue weighted by molar-refractivity contribution is 5.28. The Morgan fingerprint density at radius 3 is 2.23 bits per heavy atom. The molecule has 1 aromatic carbocycles. The minimum Gasteiger partial charge on any atom is -0.298 e. The molecule has 0 N–H and O–H groups in total. The summed E-state index contributed by atoms with van der Waals surface area (Å²) in [6.45, 7) is 7.69. The molecule has 0 unspecified atom stereocenters. The molecule has 4 saturated heterocycles. The second-order valence-electron chi connectivity index (χ2n) is 7.45. The van der Waals surface area contributed by atoms with Crippen LogP contribution in [0.5, 0.6) is 0 Å². The molecule has 120 valence electrons. The van der Waals surface area contributed by atoms with Crippen molar-refractivity contribution in [1.29, 1.82) is 0 Å². The third-order valence-corrected chi connectivity index (χ3v) is 6.01. The molecule has 5 rings (SSSR count). The van der Waals surface area contributed by atoms with Gasteiger partial charge in [-0.1, -0.05) is 0 Å². The Hall–Kier alpha value is -1.00. The lowest BCUT2D eigenvalue weighted by molar-refractivity contribution is -0.0145. The number of hydrogen-bond acceptors (Lipinski definition) is 2. The predicted octanol–water partition coefficient (Wildman–Crippen LogP) is 3.24. The normalized spacial score (nSPS) is 37.8. The number of benzene rings is 1. The highest BCUT2D eigenvalue weighted by atomic mass is 19.1. The van der Waals surface area contributed by atoms with Crippen molar-refractivity contribution in [2.45, 2.75) is 50.7 Å². The first-order valence-corrected chi connectivity index (χ1v) is 8.50. The number of piperidine rings is 3. The molecule has 0 radical (unpaired) electrons. The van der Waals surface area contributed by atoms with E-state index in [0.29, 0.717) is 18.1 Å². The van der Waals surface area contributed by atoms with Crippen LogP contribution in [0.4, 0.5) is 8.78 Å². The minimum atomic E-state index is -0.453. The zero-order chi connectivity index (χ0) is 15.4. The van der Waals surface area contributed by atoms with Crippen LogP contribution in [-0.2, 0) is 0 Å². The van der Waals surface area contributed by atoms with Gasteiger partial charge in [0.05, 0.1) is 0 Å². The van der Waals surface area contributed by atoms with Crippen LogP contribution in [-0.4, -0.2) is 47.6 Å². The van der Waals surface area contributed by atoms with E-state index in [9.17, 15) is 8.78 Å². The molecule has 0 spiro atoms. The zero-order valence-corrected chi connectivity index (χ0v) is 13.3. The first-order valence-electron chi connectivity index (χ1n) is 8.50. The van der Waals surface area contributed by atoms with Crippen LogP contribution >= 0.6 is 0 Å². The molecule has 4 heterocycles. The second kappa shape index (κ2) is 5.27. The summed E-state index contributed by atoms with van der Waals surface area (Å²) in [7, 11) is 0. The Balaban J connectivity index is 1.73. The molecule has 0 aromatic heterocycles. The van der Waals surface area contributed by atoms with Crippen LogP contribution in [0.25, 0.3) is 0 Å². The highest BCUT2D eigenvalue weighted by Crippen LogP contribution is 2.47. The van der Waals surface area contributed by atoms with E-state index in [1.165, 1.54) is 25.0 Å². The maximum Gasteiger partial charge on any atom is 0.126 e. The fraction of sp³-hybridized carbons (Fsp3) is 0.667. The van der Waals surface area contributed by atoms with Gasteiger partial charge in [-0.3, -0.25) is 9.80 Å². The lowest BCUT2D eigenvalue weighted by Crippen LogP contribution is -2.60. The monoisotopic (exact) mass is 306 g/mol. The fourth-order valence-electron chi connectivity index (χ4n) is 5.12. The molecule has 4 fully saturated rings. The summed E-state index contributed by atoms with van der Waals surface area (Å²) in [5.74, 6) is 0.0672. The lowest BCUT2D eigenvalue weighted by atomic mass is 9.75. The largest absolute Gasteiger partial charge is 0.298 e. The summed E-state index contributed by atoms with van der Waals surface area (Å²) >= 11 is 0. The van der Waals surface area contributed by atoms with Gasteiger partial charge in [-0.2, -0.15) is 0 Å². The van der Waals surface area contributed by atoms with Crippen molar-refractivity contribution in [3.05, 3.63) is 35.4 Å². The number of nitrogens with zero attached hydrogens (tertiary/aromatic N) is 2. The minimum absolute atomic E-state index is 0.223. The van der Waals surface area contributed by atoms with E-state index in [-0.39, 0.29) is 5.92 Å². The van der Waals surface area contributed by atoms with Gasteiger partial charge < -0.3 is 0 Å². The molecule has 3 atom stereocenters. The van der Waals surface area contributed by atoms with Gasteiger partial charge in [-0.25, -0.2) is 8.78 Å². The molecule has 0 saturated carbocycles. The molecule has 0 amide bonds. The zero-order valence-electron chi connectivity index (χ0n) is 13.3. The van der Waals surface area contributed by atoms with Gasteiger partial charge in [-0.05, 0) is 63.4 Å². The topological polar surface area (TPSA) is 6.48 Å². The molecular weight excluding hydrogens is 282 g/mol. The SMILES string of the molecule is CC(C)N1C[C@@H](c2cc(F)cc(F)c2)[C@@H]2[C@H]1C1CCN2CC1. The van der Waals surface area contributed by atoms with E-state index in [2.05, 4.69) is 23.6 Å². The van der Waals surface area contributed by atoms with Crippen molar-refractivity contribution in [3.8, 4) is 0 Å². The maximum absolute atomic E-state index is 13.7. The Morgan fingerprint density at radius 2 is 1.64 bits per heavy atom. The fourth-order valence-corrected chi connectivity index (χ4v) is 5.12. The lowest BCUT2D eigenvalue weighted by Gasteiger charge is -2.52. The molecular formula is C18H24F2N2. The van der Waals surface area contributed by atoms with Gasteiger partial charge in [0.2, 0.25) is 0 Å². The second-order valence-corrected chi connectivity index (χ2v) is 7.45. The quantitative estimate of drug-likeness (QED) is 0.828. The third kappa shape index (κ3) is 2.19. The number of fused-ring (bicyclic) bond motifs is 2. The number of hydrogen-bond donors (Lipinski definition) is 0. The molecule has 0 aliphatic carbocycles. The number of halogens is 2. The molecule has 22 heavy (non-hydrogen) atoms. The van der Waals surface area contributed by atoms with E-state index in [1.54, 1.807) is 0 Å². The highest BCUT2D eigenvalue weighted by Gasteiger charge is 2.53. The van der Waals surface area contributed by atoms with Gasteiger partial charge in [-0.15, -0.1) is 0 Å². The van der Waals surface area contributed by atoms with Crippen LogP contribution in [0, 0.1) is 17.6 Å². The predicted molar refractivity (Wildman–Crippen MR) is 82.8 cm³/mol. The van der Waals surface area contributed by atoms with Gasteiger partial charge in [0, 0.05) is 36.7 Å². The average Bonchev–Trinajstić information content (AvgIpc) is 2.90. The van der Waals surface area contributed by atoms with Crippen LogP contribution in [0.3, 0.4) is 0 Å². The molecule has 2 bridgehead atoms. The standard InChI is InChI=1S/C18H24F2N2/c1-11(2)22-10-16(13-7-14(19)9-15(20)8-13)18-17(22)12-3-5-21(18)6-4-12/h7-9,11-12,16-18H,3-6,10H2,1-2H3/t16-,17+,18+/m0/s1. The van der Waals surface area contributed by atoms with Gasteiger partial charge in [0.25, 0.3) is 0 Å². The van der Waals surface area contributed by atoms with Crippen molar-refractivity contribution >= 4 is 0 Å². The van der Waals surface area contributed by atoms with Crippen LogP contribution in [0.2, 0.25) is 0 Å².